The van der Waals surface area contributed by atoms with Crippen LogP contribution in [0.2, 0.25) is 0 Å². The lowest BCUT2D eigenvalue weighted by atomic mass is 9.90. The van der Waals surface area contributed by atoms with E-state index >= 15 is 0 Å². The summed E-state index contributed by atoms with van der Waals surface area (Å²) in [5, 5.41) is 4.40. The van der Waals surface area contributed by atoms with Gasteiger partial charge in [-0.15, -0.1) is 0 Å². The Labute approximate surface area is 179 Å². The fourth-order valence-electron chi connectivity index (χ4n) is 5.08. The number of nitrogens with zero attached hydrogens (tertiary/aromatic N) is 3. The second-order valence-electron chi connectivity index (χ2n) is 9.19. The predicted molar refractivity (Wildman–Crippen MR) is 118 cm³/mol. The molecule has 164 valence electrons. The Bertz CT molecular complexity index is 744. The molecule has 30 heavy (non-hydrogen) atoms. The molecule has 1 aromatic rings. The summed E-state index contributed by atoms with van der Waals surface area (Å²) in [6.07, 6.45) is 4.75. The fourth-order valence-corrected chi connectivity index (χ4v) is 5.08. The van der Waals surface area contributed by atoms with Gasteiger partial charge in [0.1, 0.15) is 0 Å². The maximum Gasteiger partial charge on any atom is 0.234 e. The molecule has 3 heterocycles. The van der Waals surface area contributed by atoms with Crippen LogP contribution in [0.15, 0.2) is 24.3 Å². The first kappa shape index (κ1) is 21.3. The highest BCUT2D eigenvalue weighted by Gasteiger charge is 2.29. The number of benzene rings is 1. The van der Waals surface area contributed by atoms with Crippen molar-refractivity contribution in [3.8, 4) is 0 Å². The Morgan fingerprint density at radius 1 is 1.03 bits per heavy atom. The Kier molecular flexibility index (Phi) is 6.71. The van der Waals surface area contributed by atoms with E-state index in [0.717, 1.165) is 44.2 Å². The van der Waals surface area contributed by atoms with Gasteiger partial charge in [-0.2, -0.15) is 0 Å². The second-order valence-corrected chi connectivity index (χ2v) is 9.19. The first-order valence-corrected chi connectivity index (χ1v) is 11.4. The molecule has 7 nitrogen and oxygen atoms in total. The molecule has 1 unspecified atom stereocenters. The van der Waals surface area contributed by atoms with Gasteiger partial charge in [0.05, 0.1) is 5.92 Å². The molecular weight excluding hydrogens is 378 g/mol. The molecule has 0 aliphatic carbocycles. The lowest BCUT2D eigenvalue weighted by molar-refractivity contribution is -0.134. The maximum absolute atomic E-state index is 12.1. The number of piperidine rings is 2. The summed E-state index contributed by atoms with van der Waals surface area (Å²) in [6.45, 7) is 8.71. The van der Waals surface area contributed by atoms with E-state index in [1.807, 2.05) is 5.01 Å². The van der Waals surface area contributed by atoms with Crippen LogP contribution in [0.4, 0.5) is 5.69 Å². The summed E-state index contributed by atoms with van der Waals surface area (Å²) in [6, 6.07) is 8.89. The van der Waals surface area contributed by atoms with Crippen molar-refractivity contribution in [3.05, 3.63) is 29.8 Å². The first-order chi connectivity index (χ1) is 14.5. The molecule has 3 saturated heterocycles. The van der Waals surface area contributed by atoms with Crippen LogP contribution in [0, 0.1) is 5.92 Å². The number of amides is 2. The molecule has 1 aromatic carbocycles. The number of carbonyl (C=O) groups is 2. The van der Waals surface area contributed by atoms with Crippen LogP contribution in [0.3, 0.4) is 0 Å². The minimum Gasteiger partial charge on any atom is -0.369 e. The van der Waals surface area contributed by atoms with Crippen molar-refractivity contribution in [2.45, 2.75) is 51.0 Å². The average Bonchev–Trinajstić information content (AvgIpc) is 2.74. The van der Waals surface area contributed by atoms with Crippen LogP contribution in [0.1, 0.15) is 50.5 Å². The zero-order chi connectivity index (χ0) is 21.1. The van der Waals surface area contributed by atoms with Gasteiger partial charge in [-0.05, 0) is 62.8 Å². The highest BCUT2D eigenvalue weighted by molar-refractivity contribution is 6.00. The summed E-state index contributed by atoms with van der Waals surface area (Å²) < 4.78 is 0. The number of carbonyl (C=O) groups excluding carboxylic acids is 2. The van der Waals surface area contributed by atoms with Crippen LogP contribution < -0.4 is 16.1 Å². The number of anilines is 1. The highest BCUT2D eigenvalue weighted by Crippen LogP contribution is 2.28. The maximum atomic E-state index is 12.1. The number of nitrogens with two attached hydrogens (primary N) is 1. The quantitative estimate of drug-likeness (QED) is 0.565. The van der Waals surface area contributed by atoms with E-state index < -0.39 is 0 Å². The van der Waals surface area contributed by atoms with E-state index in [9.17, 15) is 9.59 Å². The molecular formula is C23H35N5O2. The Morgan fingerprint density at radius 2 is 1.77 bits per heavy atom. The van der Waals surface area contributed by atoms with Gasteiger partial charge in [0, 0.05) is 50.9 Å². The van der Waals surface area contributed by atoms with Crippen LogP contribution in [-0.4, -0.2) is 67.0 Å². The van der Waals surface area contributed by atoms with Gasteiger partial charge in [0.2, 0.25) is 11.8 Å². The van der Waals surface area contributed by atoms with Crippen molar-refractivity contribution in [2.24, 2.45) is 11.8 Å². The fraction of sp³-hybridized carbons (Fsp3) is 0.652. The topological polar surface area (TPSA) is 81.9 Å². The van der Waals surface area contributed by atoms with E-state index in [1.54, 1.807) is 0 Å². The molecule has 3 N–H and O–H groups in total. The molecule has 4 rings (SSSR count). The third-order valence-electron chi connectivity index (χ3n) is 7.14. The second kappa shape index (κ2) is 9.45. The molecule has 0 aromatic heterocycles. The van der Waals surface area contributed by atoms with Gasteiger partial charge < -0.3 is 4.90 Å². The zero-order valence-corrected chi connectivity index (χ0v) is 18.1. The van der Waals surface area contributed by atoms with Gasteiger partial charge >= 0.3 is 0 Å². The molecule has 3 fully saturated rings. The number of hydrogen-bond donors (Lipinski definition) is 2. The number of hydrogen-bond acceptors (Lipinski definition) is 6. The van der Waals surface area contributed by atoms with E-state index in [1.165, 1.54) is 31.5 Å². The summed E-state index contributed by atoms with van der Waals surface area (Å²) in [4.78, 5) is 28.5. The van der Waals surface area contributed by atoms with Crippen molar-refractivity contribution in [1.82, 2.24) is 15.2 Å². The predicted octanol–water partition coefficient (Wildman–Crippen LogP) is 1.69. The smallest absolute Gasteiger partial charge is 0.234 e. The minimum absolute atomic E-state index is 0.162. The van der Waals surface area contributed by atoms with E-state index in [0.29, 0.717) is 18.9 Å². The summed E-state index contributed by atoms with van der Waals surface area (Å²) >= 11 is 0. The van der Waals surface area contributed by atoms with E-state index in [4.69, 9.17) is 5.84 Å². The van der Waals surface area contributed by atoms with Crippen molar-refractivity contribution in [1.29, 1.82) is 0 Å². The monoisotopic (exact) mass is 413 g/mol. The number of nitrogens with one attached hydrogen (secondary N) is 1. The van der Waals surface area contributed by atoms with Crippen LogP contribution >= 0.6 is 0 Å². The molecule has 0 radical (unpaired) electrons. The van der Waals surface area contributed by atoms with Crippen molar-refractivity contribution >= 4 is 17.5 Å². The Balaban J connectivity index is 1.28. The normalized spacial score (nSPS) is 27.3. The summed E-state index contributed by atoms with van der Waals surface area (Å²) in [5.74, 6) is 6.15. The van der Waals surface area contributed by atoms with E-state index in [-0.39, 0.29) is 17.7 Å². The van der Waals surface area contributed by atoms with E-state index in [2.05, 4.69) is 46.3 Å². The highest BCUT2D eigenvalue weighted by atomic mass is 16.2. The molecule has 7 heteroatoms. The SMILES string of the molecule is C[C@@H]1CN(c2ccc(C3CCC(=O)NC3=O)cc2)CCN1CCC1CCN(N)CC1. The molecule has 3 aliphatic rings. The van der Waals surface area contributed by atoms with Gasteiger partial charge in [-0.1, -0.05) is 12.1 Å². The van der Waals surface area contributed by atoms with Crippen LogP contribution in [-0.2, 0) is 9.59 Å². The molecule has 0 saturated carbocycles. The van der Waals surface area contributed by atoms with Crippen molar-refractivity contribution < 1.29 is 9.59 Å². The number of imide groups is 1. The third kappa shape index (κ3) is 5.02. The van der Waals surface area contributed by atoms with Crippen LogP contribution in [0.5, 0.6) is 0 Å². The number of hydrazine groups is 1. The summed E-state index contributed by atoms with van der Waals surface area (Å²) in [7, 11) is 0. The molecule has 0 spiro atoms. The molecule has 2 amide bonds. The standard InChI is InChI=1S/C23H35N5O2/c1-17-16-27(15-14-26(17)11-8-18-9-12-28(24)13-10-18)20-4-2-19(3-5-20)21-6-7-22(29)25-23(21)30/h2-5,17-18,21H,6-16,24H2,1H3,(H,25,29,30)/t17-,21?/m1/s1. The van der Waals surface area contributed by atoms with Gasteiger partial charge in [0.25, 0.3) is 0 Å². The van der Waals surface area contributed by atoms with Gasteiger partial charge in [-0.3, -0.25) is 25.6 Å². The zero-order valence-electron chi connectivity index (χ0n) is 18.1. The number of rotatable bonds is 5. The first-order valence-electron chi connectivity index (χ1n) is 11.4. The Hall–Kier alpha value is -1.96. The summed E-state index contributed by atoms with van der Waals surface area (Å²) in [5.41, 5.74) is 2.21. The third-order valence-corrected chi connectivity index (χ3v) is 7.14. The average molecular weight is 414 g/mol. The minimum atomic E-state index is -0.210. The Morgan fingerprint density at radius 3 is 2.43 bits per heavy atom. The lowest BCUT2D eigenvalue weighted by Gasteiger charge is -2.42. The largest absolute Gasteiger partial charge is 0.369 e. The molecule has 3 aliphatic heterocycles. The van der Waals surface area contributed by atoms with Gasteiger partial charge in [0.15, 0.2) is 0 Å². The molecule has 2 atom stereocenters. The number of piperazine rings is 1. The lowest BCUT2D eigenvalue weighted by Crippen LogP contribution is -2.52. The van der Waals surface area contributed by atoms with Crippen molar-refractivity contribution in [3.63, 3.8) is 0 Å². The molecule has 0 bridgehead atoms. The van der Waals surface area contributed by atoms with Crippen molar-refractivity contribution in [2.75, 3.05) is 44.2 Å². The van der Waals surface area contributed by atoms with Gasteiger partial charge in [-0.25, -0.2) is 5.01 Å². The van der Waals surface area contributed by atoms with Crippen LogP contribution in [0.25, 0.3) is 0 Å².